The molecule has 27 heavy (non-hydrogen) atoms. The van der Waals surface area contributed by atoms with E-state index in [9.17, 15) is 14.0 Å². The molecule has 138 valence electrons. The molecule has 0 bridgehead atoms. The summed E-state index contributed by atoms with van der Waals surface area (Å²) >= 11 is 2.59. The third-order valence-electron chi connectivity index (χ3n) is 3.40. The zero-order valence-electron chi connectivity index (χ0n) is 14.1. The maximum atomic E-state index is 12.8. The summed E-state index contributed by atoms with van der Waals surface area (Å²) in [6, 6.07) is 15.3. The van der Waals surface area contributed by atoms with Gasteiger partial charge in [0.05, 0.1) is 16.4 Å². The van der Waals surface area contributed by atoms with Crippen LogP contribution in [0.1, 0.15) is 0 Å². The Hall–Kier alpha value is -2.71. The van der Waals surface area contributed by atoms with Crippen molar-refractivity contribution in [2.45, 2.75) is 0 Å². The Balaban J connectivity index is 1.41. The topological polar surface area (TPSA) is 71.1 Å². The van der Waals surface area contributed by atoms with Gasteiger partial charge in [0.2, 0.25) is 11.8 Å². The minimum Gasteiger partial charge on any atom is -0.325 e. The molecular weight excluding hydrogens is 385 g/mol. The summed E-state index contributed by atoms with van der Waals surface area (Å²) in [5.74, 6) is -0.574. The van der Waals surface area contributed by atoms with Gasteiger partial charge in [0.25, 0.3) is 0 Å². The van der Waals surface area contributed by atoms with Crippen LogP contribution in [0.25, 0.3) is 10.4 Å². The van der Waals surface area contributed by atoms with E-state index in [0.29, 0.717) is 10.8 Å². The Morgan fingerprint density at radius 3 is 2.33 bits per heavy atom. The summed E-state index contributed by atoms with van der Waals surface area (Å²) in [6.45, 7) is 0. The van der Waals surface area contributed by atoms with E-state index >= 15 is 0 Å². The van der Waals surface area contributed by atoms with Gasteiger partial charge in [-0.15, -0.1) is 11.8 Å². The zero-order valence-corrected chi connectivity index (χ0v) is 15.8. The summed E-state index contributed by atoms with van der Waals surface area (Å²) in [7, 11) is 0. The first kappa shape index (κ1) is 19.1. The molecule has 2 aromatic carbocycles. The van der Waals surface area contributed by atoms with Crippen LogP contribution in [-0.2, 0) is 9.59 Å². The first-order chi connectivity index (χ1) is 13.1. The minimum atomic E-state index is -0.364. The molecule has 0 aliphatic carbocycles. The monoisotopic (exact) mass is 401 g/mol. The van der Waals surface area contributed by atoms with Crippen molar-refractivity contribution in [1.29, 1.82) is 0 Å². The molecule has 2 amide bonds. The SMILES string of the molecule is O=C(CSCC(=O)Nc1ncc(-c2ccccc2)s1)Nc1ccc(F)cc1. The second-order valence-electron chi connectivity index (χ2n) is 5.49. The van der Waals surface area contributed by atoms with E-state index in [-0.39, 0.29) is 29.1 Å². The molecule has 0 saturated heterocycles. The number of nitrogens with one attached hydrogen (secondary N) is 2. The van der Waals surface area contributed by atoms with Crippen molar-refractivity contribution >= 4 is 45.7 Å². The minimum absolute atomic E-state index is 0.123. The van der Waals surface area contributed by atoms with E-state index in [1.54, 1.807) is 6.20 Å². The van der Waals surface area contributed by atoms with Gasteiger partial charge in [0.1, 0.15) is 5.82 Å². The average molecular weight is 401 g/mol. The molecule has 0 spiro atoms. The van der Waals surface area contributed by atoms with Crippen molar-refractivity contribution in [3.63, 3.8) is 0 Å². The lowest BCUT2D eigenvalue weighted by molar-refractivity contribution is -0.114. The summed E-state index contributed by atoms with van der Waals surface area (Å²) in [5.41, 5.74) is 1.56. The molecule has 0 atom stereocenters. The van der Waals surface area contributed by atoms with Crippen molar-refractivity contribution in [2.24, 2.45) is 0 Å². The first-order valence-corrected chi connectivity index (χ1v) is 10.0. The number of hydrogen-bond acceptors (Lipinski definition) is 5. The van der Waals surface area contributed by atoms with E-state index in [2.05, 4.69) is 15.6 Å². The lowest BCUT2D eigenvalue weighted by Gasteiger charge is -2.05. The predicted octanol–water partition coefficient (Wildman–Crippen LogP) is 4.26. The smallest absolute Gasteiger partial charge is 0.236 e. The number of thiazole rings is 1. The second-order valence-corrected chi connectivity index (χ2v) is 7.51. The number of benzene rings is 2. The predicted molar refractivity (Wildman–Crippen MR) is 109 cm³/mol. The summed E-state index contributed by atoms with van der Waals surface area (Å²) in [4.78, 5) is 29.0. The molecule has 0 aliphatic heterocycles. The number of nitrogens with zero attached hydrogens (tertiary/aromatic N) is 1. The summed E-state index contributed by atoms with van der Waals surface area (Å²) in [6.07, 6.45) is 1.72. The van der Waals surface area contributed by atoms with Crippen molar-refractivity contribution in [1.82, 2.24) is 4.98 Å². The van der Waals surface area contributed by atoms with Crippen LogP contribution in [0.5, 0.6) is 0 Å². The number of carbonyl (C=O) groups excluding carboxylic acids is 2. The zero-order chi connectivity index (χ0) is 19.1. The fourth-order valence-electron chi connectivity index (χ4n) is 2.19. The van der Waals surface area contributed by atoms with Crippen LogP contribution >= 0.6 is 23.1 Å². The molecule has 3 aromatic rings. The van der Waals surface area contributed by atoms with Gasteiger partial charge in [-0.3, -0.25) is 9.59 Å². The van der Waals surface area contributed by atoms with Crippen molar-refractivity contribution in [3.8, 4) is 10.4 Å². The van der Waals surface area contributed by atoms with Crippen LogP contribution < -0.4 is 10.6 Å². The van der Waals surface area contributed by atoms with Gasteiger partial charge in [-0.05, 0) is 29.8 Å². The Kier molecular flexibility index (Phi) is 6.56. The molecule has 8 heteroatoms. The van der Waals surface area contributed by atoms with Crippen LogP contribution in [0.2, 0.25) is 0 Å². The molecule has 0 unspecified atom stereocenters. The Labute approximate surface area is 164 Å². The highest BCUT2D eigenvalue weighted by atomic mass is 32.2. The summed E-state index contributed by atoms with van der Waals surface area (Å²) in [5, 5.41) is 5.90. The summed E-state index contributed by atoms with van der Waals surface area (Å²) < 4.78 is 12.8. The van der Waals surface area contributed by atoms with Crippen molar-refractivity contribution < 1.29 is 14.0 Å². The highest BCUT2D eigenvalue weighted by molar-refractivity contribution is 8.00. The number of aromatic nitrogens is 1. The molecule has 3 rings (SSSR count). The molecule has 1 heterocycles. The third kappa shape index (κ3) is 5.90. The van der Waals surface area contributed by atoms with E-state index in [4.69, 9.17) is 0 Å². The fourth-order valence-corrected chi connectivity index (χ4v) is 3.64. The number of rotatable bonds is 7. The van der Waals surface area contributed by atoms with Crippen LogP contribution in [0.15, 0.2) is 60.8 Å². The molecule has 0 aliphatic rings. The second kappa shape index (κ2) is 9.29. The fraction of sp³-hybridized carbons (Fsp3) is 0.105. The van der Waals surface area contributed by atoms with Gasteiger partial charge in [-0.1, -0.05) is 41.7 Å². The third-order valence-corrected chi connectivity index (χ3v) is 5.30. The molecule has 0 saturated carbocycles. The molecule has 1 aromatic heterocycles. The number of amides is 2. The van der Waals surface area contributed by atoms with Crippen LogP contribution in [0, 0.1) is 5.82 Å². The number of carbonyl (C=O) groups is 2. The van der Waals surface area contributed by atoms with E-state index < -0.39 is 0 Å². The lowest BCUT2D eigenvalue weighted by Crippen LogP contribution is -2.18. The van der Waals surface area contributed by atoms with E-state index in [0.717, 1.165) is 10.4 Å². The molecule has 0 fully saturated rings. The molecular formula is C19H16FN3O2S2. The Morgan fingerprint density at radius 2 is 1.63 bits per heavy atom. The molecule has 5 nitrogen and oxygen atoms in total. The van der Waals surface area contributed by atoms with Gasteiger partial charge in [0, 0.05) is 11.9 Å². The number of thioether (sulfide) groups is 1. The highest BCUT2D eigenvalue weighted by Gasteiger charge is 2.10. The van der Waals surface area contributed by atoms with Crippen molar-refractivity contribution in [2.75, 3.05) is 22.1 Å². The maximum Gasteiger partial charge on any atom is 0.236 e. The van der Waals surface area contributed by atoms with E-state index in [1.807, 2.05) is 30.3 Å². The van der Waals surface area contributed by atoms with Crippen molar-refractivity contribution in [3.05, 3.63) is 66.6 Å². The normalized spacial score (nSPS) is 10.4. The maximum absolute atomic E-state index is 12.8. The quantitative estimate of drug-likeness (QED) is 0.621. The lowest BCUT2D eigenvalue weighted by atomic mass is 10.2. The van der Waals surface area contributed by atoms with Gasteiger partial charge >= 0.3 is 0 Å². The van der Waals surface area contributed by atoms with Gasteiger partial charge in [-0.25, -0.2) is 9.37 Å². The standard InChI is InChI=1S/C19H16FN3O2S2/c20-14-6-8-15(9-7-14)22-17(24)11-26-12-18(25)23-19-21-10-16(27-19)13-4-2-1-3-5-13/h1-10H,11-12H2,(H,22,24)(H,21,23,25). The largest absolute Gasteiger partial charge is 0.325 e. The Bertz CT molecular complexity index is 914. The first-order valence-electron chi connectivity index (χ1n) is 8.04. The number of hydrogen-bond donors (Lipinski definition) is 2. The van der Waals surface area contributed by atoms with Gasteiger partial charge < -0.3 is 10.6 Å². The van der Waals surface area contributed by atoms with Crippen LogP contribution in [0.3, 0.4) is 0 Å². The Morgan fingerprint density at radius 1 is 0.963 bits per heavy atom. The van der Waals surface area contributed by atoms with Crippen LogP contribution in [0.4, 0.5) is 15.2 Å². The van der Waals surface area contributed by atoms with Gasteiger partial charge in [-0.2, -0.15) is 0 Å². The average Bonchev–Trinajstić information content (AvgIpc) is 3.13. The highest BCUT2D eigenvalue weighted by Crippen LogP contribution is 2.28. The molecule has 2 N–H and O–H groups in total. The number of anilines is 2. The molecule has 0 radical (unpaired) electrons. The number of halogens is 1. The van der Waals surface area contributed by atoms with Gasteiger partial charge in [0.15, 0.2) is 5.13 Å². The van der Waals surface area contributed by atoms with Crippen LogP contribution in [-0.4, -0.2) is 28.3 Å². The van der Waals surface area contributed by atoms with E-state index in [1.165, 1.54) is 47.4 Å².